The minimum Gasteiger partial charge on any atom is -0.494 e. The topological polar surface area (TPSA) is 54.4 Å². The number of aliphatic imine (C=N–C) groups is 1. The number of methoxy groups -OCH3 is 2. The number of carbonyl (C=O) groups excluding carboxylic acids is 1. The maximum Gasteiger partial charge on any atom is 0.337 e. The molecule has 1 saturated heterocycles. The van der Waals surface area contributed by atoms with Gasteiger partial charge >= 0.3 is 5.97 Å². The Morgan fingerprint density at radius 2 is 1.61 bits per heavy atom. The molecule has 148 valence electrons. The van der Waals surface area contributed by atoms with Crippen molar-refractivity contribution in [2.45, 2.75) is 6.92 Å². The Balaban J connectivity index is 1.97. The predicted octanol–water partition coefficient (Wildman–Crippen LogP) is 3.20. The molecule has 28 heavy (non-hydrogen) atoms. The average molecular weight is 381 g/mol. The highest BCUT2D eigenvalue weighted by molar-refractivity contribution is 6.01. The predicted molar refractivity (Wildman–Crippen MR) is 111 cm³/mol. The first-order valence-electron chi connectivity index (χ1n) is 9.54. The Morgan fingerprint density at radius 3 is 2.21 bits per heavy atom. The van der Waals surface area contributed by atoms with Crippen LogP contribution in [0.15, 0.2) is 53.5 Å². The summed E-state index contributed by atoms with van der Waals surface area (Å²) >= 11 is 0. The summed E-state index contributed by atoms with van der Waals surface area (Å²) in [5.41, 5.74) is 2.28. The number of carbonyl (C=O) groups is 1. The summed E-state index contributed by atoms with van der Waals surface area (Å²) in [5.74, 6) is 1.28. The molecule has 1 aliphatic rings. The van der Waals surface area contributed by atoms with E-state index in [1.165, 1.54) is 7.11 Å². The van der Waals surface area contributed by atoms with Gasteiger partial charge in [0.2, 0.25) is 0 Å². The largest absolute Gasteiger partial charge is 0.494 e. The van der Waals surface area contributed by atoms with Gasteiger partial charge in [0, 0.05) is 31.7 Å². The summed E-state index contributed by atoms with van der Waals surface area (Å²) in [7, 11) is 3.04. The third-order valence-corrected chi connectivity index (χ3v) is 4.99. The third-order valence-electron chi connectivity index (χ3n) is 4.99. The minimum absolute atomic E-state index is 0.341. The van der Waals surface area contributed by atoms with Crippen LogP contribution < -0.4 is 4.74 Å². The summed E-state index contributed by atoms with van der Waals surface area (Å²) in [5, 5.41) is 0. The second kappa shape index (κ2) is 9.37. The minimum atomic E-state index is -0.341. The quantitative estimate of drug-likeness (QED) is 0.452. The Hall–Kier alpha value is -2.86. The van der Waals surface area contributed by atoms with Gasteiger partial charge in [-0.2, -0.15) is 0 Å². The van der Waals surface area contributed by atoms with Gasteiger partial charge < -0.3 is 19.3 Å². The molecule has 0 bridgehead atoms. The second-order valence-electron chi connectivity index (χ2n) is 6.60. The van der Waals surface area contributed by atoms with E-state index in [2.05, 4.69) is 16.7 Å². The molecule has 6 nitrogen and oxygen atoms in total. The van der Waals surface area contributed by atoms with Crippen molar-refractivity contribution in [3.05, 3.63) is 59.7 Å². The number of nitrogens with zero attached hydrogens (tertiary/aromatic N) is 3. The van der Waals surface area contributed by atoms with Gasteiger partial charge in [-0.15, -0.1) is 0 Å². The number of para-hydroxylation sites is 2. The van der Waals surface area contributed by atoms with Gasteiger partial charge in [-0.3, -0.25) is 0 Å². The average Bonchev–Trinajstić information content (AvgIpc) is 2.77. The second-order valence-corrected chi connectivity index (χ2v) is 6.60. The summed E-state index contributed by atoms with van der Waals surface area (Å²) in [6, 6.07) is 15.1. The molecule has 0 saturated carbocycles. The number of piperazine rings is 1. The standard InChI is InChI=1S/C22H27N3O3/c1-4-24-13-15-25(16-14-24)21(23-19-7-5-6-8-20(19)27-2)17-9-11-18(12-10-17)22(26)28-3/h5-12H,4,13-16H2,1-3H3. The van der Waals surface area contributed by atoms with Crippen LogP contribution in [0.5, 0.6) is 5.75 Å². The molecule has 1 fully saturated rings. The normalized spacial score (nSPS) is 15.4. The monoisotopic (exact) mass is 381 g/mol. The number of hydrogen-bond acceptors (Lipinski definition) is 5. The highest BCUT2D eigenvalue weighted by atomic mass is 16.5. The van der Waals surface area contributed by atoms with E-state index >= 15 is 0 Å². The molecule has 0 unspecified atom stereocenters. The van der Waals surface area contributed by atoms with Gasteiger partial charge in [0.05, 0.1) is 19.8 Å². The first-order valence-corrected chi connectivity index (χ1v) is 9.54. The summed E-state index contributed by atoms with van der Waals surface area (Å²) in [6.07, 6.45) is 0. The highest BCUT2D eigenvalue weighted by Gasteiger charge is 2.21. The Bertz CT molecular complexity index is 825. The van der Waals surface area contributed by atoms with Crippen LogP contribution in [0.1, 0.15) is 22.8 Å². The van der Waals surface area contributed by atoms with Gasteiger partial charge in [-0.05, 0) is 30.8 Å². The van der Waals surface area contributed by atoms with E-state index in [-0.39, 0.29) is 5.97 Å². The fourth-order valence-electron chi connectivity index (χ4n) is 3.30. The van der Waals surface area contributed by atoms with Crippen molar-refractivity contribution in [2.75, 3.05) is 46.9 Å². The maximum atomic E-state index is 11.8. The Labute approximate surface area is 166 Å². The first kappa shape index (κ1) is 19.9. The lowest BCUT2D eigenvalue weighted by atomic mass is 10.1. The molecular weight excluding hydrogens is 354 g/mol. The molecule has 0 aliphatic carbocycles. The molecular formula is C22H27N3O3. The summed E-state index contributed by atoms with van der Waals surface area (Å²) in [6.45, 7) is 7.05. The smallest absolute Gasteiger partial charge is 0.337 e. The van der Waals surface area contributed by atoms with Crippen molar-refractivity contribution in [1.29, 1.82) is 0 Å². The van der Waals surface area contributed by atoms with E-state index in [4.69, 9.17) is 14.5 Å². The zero-order chi connectivity index (χ0) is 19.9. The van der Waals surface area contributed by atoms with E-state index in [0.717, 1.165) is 55.6 Å². The lowest BCUT2D eigenvalue weighted by molar-refractivity contribution is 0.0600. The van der Waals surface area contributed by atoms with Crippen molar-refractivity contribution < 1.29 is 14.3 Å². The number of ether oxygens (including phenoxy) is 2. The van der Waals surface area contributed by atoms with Crippen LogP contribution in [0.3, 0.4) is 0 Å². The lowest BCUT2D eigenvalue weighted by Gasteiger charge is -2.36. The van der Waals surface area contributed by atoms with Crippen molar-refractivity contribution in [1.82, 2.24) is 9.80 Å². The van der Waals surface area contributed by atoms with Crippen LogP contribution in [0.25, 0.3) is 0 Å². The van der Waals surface area contributed by atoms with Crippen molar-refractivity contribution >= 4 is 17.5 Å². The molecule has 0 amide bonds. The molecule has 1 heterocycles. The van der Waals surface area contributed by atoms with Gasteiger partial charge in [0.1, 0.15) is 17.3 Å². The number of amidine groups is 1. The van der Waals surface area contributed by atoms with E-state index < -0.39 is 0 Å². The number of rotatable bonds is 5. The van der Waals surface area contributed by atoms with E-state index in [0.29, 0.717) is 5.56 Å². The van der Waals surface area contributed by atoms with Gasteiger partial charge in [-0.25, -0.2) is 9.79 Å². The van der Waals surface area contributed by atoms with Gasteiger partial charge in [0.15, 0.2) is 0 Å². The number of benzene rings is 2. The Morgan fingerprint density at radius 1 is 0.964 bits per heavy atom. The van der Waals surface area contributed by atoms with Crippen LogP contribution in [0, 0.1) is 0 Å². The summed E-state index contributed by atoms with van der Waals surface area (Å²) < 4.78 is 10.3. The molecule has 6 heteroatoms. The van der Waals surface area contributed by atoms with Crippen LogP contribution in [-0.4, -0.2) is 68.5 Å². The third kappa shape index (κ3) is 4.51. The molecule has 0 aromatic heterocycles. The molecule has 0 spiro atoms. The SMILES string of the molecule is CCN1CCN(C(=Nc2ccccc2OC)c2ccc(C(=O)OC)cc2)CC1. The molecule has 3 rings (SSSR count). The zero-order valence-corrected chi connectivity index (χ0v) is 16.7. The van der Waals surface area contributed by atoms with E-state index in [1.54, 1.807) is 19.2 Å². The number of likely N-dealkylation sites (N-methyl/N-ethyl adjacent to an activating group) is 1. The number of esters is 1. The van der Waals surface area contributed by atoms with Gasteiger partial charge in [-0.1, -0.05) is 31.2 Å². The molecule has 2 aromatic rings. The van der Waals surface area contributed by atoms with Crippen LogP contribution in [0.2, 0.25) is 0 Å². The van der Waals surface area contributed by atoms with Crippen LogP contribution in [-0.2, 0) is 4.74 Å². The fraction of sp³-hybridized carbons (Fsp3) is 0.364. The highest BCUT2D eigenvalue weighted by Crippen LogP contribution is 2.28. The lowest BCUT2D eigenvalue weighted by Crippen LogP contribution is -2.48. The van der Waals surface area contributed by atoms with Crippen LogP contribution in [0.4, 0.5) is 5.69 Å². The molecule has 0 atom stereocenters. The van der Waals surface area contributed by atoms with Gasteiger partial charge in [0.25, 0.3) is 0 Å². The summed E-state index contributed by atoms with van der Waals surface area (Å²) in [4.78, 5) is 21.4. The number of hydrogen-bond donors (Lipinski definition) is 0. The molecule has 0 N–H and O–H groups in total. The zero-order valence-electron chi connectivity index (χ0n) is 16.7. The maximum absolute atomic E-state index is 11.8. The van der Waals surface area contributed by atoms with Crippen molar-refractivity contribution in [3.63, 3.8) is 0 Å². The Kier molecular flexibility index (Phi) is 6.66. The first-order chi connectivity index (χ1) is 13.7. The van der Waals surface area contributed by atoms with Crippen LogP contribution >= 0.6 is 0 Å². The van der Waals surface area contributed by atoms with Crippen molar-refractivity contribution in [3.8, 4) is 5.75 Å². The molecule has 1 aliphatic heterocycles. The van der Waals surface area contributed by atoms with E-state index in [9.17, 15) is 4.79 Å². The fourth-order valence-corrected chi connectivity index (χ4v) is 3.30. The molecule has 2 aromatic carbocycles. The van der Waals surface area contributed by atoms with Crippen molar-refractivity contribution in [2.24, 2.45) is 4.99 Å². The van der Waals surface area contributed by atoms with E-state index in [1.807, 2.05) is 36.4 Å². The molecule has 0 radical (unpaired) electrons.